The van der Waals surface area contributed by atoms with E-state index in [4.69, 9.17) is 39.5 Å². The Hall–Kier alpha value is -2.94. The molecule has 0 radical (unpaired) electrons. The number of ether oxygens (including phenoxy) is 1. The minimum Gasteiger partial charge on any atom is -0.496 e. The van der Waals surface area contributed by atoms with Gasteiger partial charge in [0.25, 0.3) is 10.5 Å². The van der Waals surface area contributed by atoms with Crippen LogP contribution in [0.25, 0.3) is 0 Å². The van der Waals surface area contributed by atoms with Crippen LogP contribution in [0.5, 0.6) is 5.75 Å². The highest BCUT2D eigenvalue weighted by molar-refractivity contribution is 6.68. The average Bonchev–Trinajstić information content (AvgIpc) is 2.77. The fraction of sp³-hybridized carbons (Fsp3) is 0.160. The van der Waals surface area contributed by atoms with Gasteiger partial charge >= 0.3 is 6.18 Å². The molecule has 3 aromatic rings. The first-order valence-corrected chi connectivity index (χ1v) is 11.1. The lowest BCUT2D eigenvalue weighted by Crippen LogP contribution is -2.17. The number of ketones is 1. The van der Waals surface area contributed by atoms with Crippen molar-refractivity contribution in [3.63, 3.8) is 0 Å². The van der Waals surface area contributed by atoms with Gasteiger partial charge in [0.05, 0.1) is 28.8 Å². The number of halogens is 7. The number of methoxy groups -OCH3 is 1. The zero-order valence-electron chi connectivity index (χ0n) is 18.9. The van der Waals surface area contributed by atoms with Crippen LogP contribution in [0.1, 0.15) is 53.3 Å². The number of hydrogen-bond donors (Lipinski definition) is 0. The van der Waals surface area contributed by atoms with Crippen LogP contribution in [0, 0.1) is 19.7 Å². The zero-order valence-corrected chi connectivity index (χ0v) is 21.2. The summed E-state index contributed by atoms with van der Waals surface area (Å²) in [6.45, 7) is 3.76. The third-order valence-electron chi connectivity index (χ3n) is 4.99. The summed E-state index contributed by atoms with van der Waals surface area (Å²) in [5.74, 6) is -3.14. The molecular weight excluding hydrogens is 547 g/mol. The van der Waals surface area contributed by atoms with Crippen LogP contribution >= 0.6 is 34.8 Å². The Balaban J connectivity index is 0.000000346. The molecule has 190 valence electrons. The maximum Gasteiger partial charge on any atom is 0.417 e. The smallest absolute Gasteiger partial charge is 0.417 e. The number of carbonyl (C=O) groups is 3. The summed E-state index contributed by atoms with van der Waals surface area (Å²) in [5.41, 5.74) is -1.33. The van der Waals surface area contributed by atoms with Gasteiger partial charge in [-0.2, -0.15) is 13.2 Å². The van der Waals surface area contributed by atoms with Crippen molar-refractivity contribution < 1.29 is 36.7 Å². The van der Waals surface area contributed by atoms with Gasteiger partial charge in [-0.15, -0.1) is 0 Å². The van der Waals surface area contributed by atoms with Crippen LogP contribution < -0.4 is 4.74 Å². The highest BCUT2D eigenvalue weighted by Crippen LogP contribution is 2.38. The number of benzene rings is 3. The van der Waals surface area contributed by atoms with Crippen LogP contribution in [0.3, 0.4) is 0 Å². The van der Waals surface area contributed by atoms with Crippen LogP contribution in [0.4, 0.5) is 17.6 Å². The Morgan fingerprint density at radius 3 is 1.81 bits per heavy atom. The number of alkyl halides is 3. The van der Waals surface area contributed by atoms with Gasteiger partial charge in [0.1, 0.15) is 17.1 Å². The molecule has 3 rings (SSSR count). The Kier molecular flexibility index (Phi) is 9.65. The average molecular weight is 564 g/mol. The molecule has 0 fully saturated rings. The predicted molar refractivity (Wildman–Crippen MR) is 129 cm³/mol. The first-order chi connectivity index (χ1) is 16.7. The van der Waals surface area contributed by atoms with Gasteiger partial charge in [0, 0.05) is 5.56 Å². The van der Waals surface area contributed by atoms with E-state index in [2.05, 4.69) is 0 Å². The lowest BCUT2D eigenvalue weighted by Gasteiger charge is -2.16. The monoisotopic (exact) mass is 562 g/mol. The topological polar surface area (TPSA) is 60.4 Å². The SMILES string of the molecule is COc1ccc(C(=O)Cl)c(F)c1C(=O)c1c(Cl)cccc1C(F)(F)F.Cc1cccc(C)c1C(=O)Cl. The van der Waals surface area contributed by atoms with Gasteiger partial charge in [0.2, 0.25) is 5.78 Å². The maximum absolute atomic E-state index is 14.5. The van der Waals surface area contributed by atoms with E-state index in [0.717, 1.165) is 42.5 Å². The highest BCUT2D eigenvalue weighted by Gasteiger charge is 2.38. The standard InChI is InChI=1S/C16H8Cl2F4O3.C9H9ClO/c1-25-10-6-5-7(15(18)24)13(19)12(10)14(23)11-8(16(20,21)22)3-2-4-9(11)17;1-6-4-3-5-7(2)8(6)9(10)11/h2-6H,1H3;3-5H,1-2H3. The van der Waals surface area contributed by atoms with E-state index < -0.39 is 50.3 Å². The van der Waals surface area contributed by atoms with Gasteiger partial charge < -0.3 is 4.74 Å². The minimum atomic E-state index is -4.90. The van der Waals surface area contributed by atoms with Crippen molar-refractivity contribution in [1.29, 1.82) is 0 Å². The first kappa shape index (κ1) is 29.3. The van der Waals surface area contributed by atoms with Gasteiger partial charge in [-0.25, -0.2) is 4.39 Å². The summed E-state index contributed by atoms with van der Waals surface area (Å²) in [7, 11) is 1.09. The second-order valence-electron chi connectivity index (χ2n) is 7.31. The van der Waals surface area contributed by atoms with Crippen molar-refractivity contribution in [3.8, 4) is 5.75 Å². The molecule has 36 heavy (non-hydrogen) atoms. The molecule has 4 nitrogen and oxygen atoms in total. The molecule has 0 bridgehead atoms. The fourth-order valence-electron chi connectivity index (χ4n) is 3.33. The Morgan fingerprint density at radius 2 is 1.36 bits per heavy atom. The fourth-order valence-corrected chi connectivity index (χ4v) is 4.04. The molecule has 0 aromatic heterocycles. The molecule has 0 saturated heterocycles. The van der Waals surface area contributed by atoms with E-state index in [9.17, 15) is 31.9 Å². The summed E-state index contributed by atoms with van der Waals surface area (Å²) >= 11 is 16.4. The molecule has 0 spiro atoms. The highest BCUT2D eigenvalue weighted by atomic mass is 35.5. The summed E-state index contributed by atoms with van der Waals surface area (Å²) in [4.78, 5) is 34.7. The third kappa shape index (κ3) is 6.43. The molecule has 0 saturated carbocycles. The largest absolute Gasteiger partial charge is 0.496 e. The molecule has 0 aliphatic carbocycles. The van der Waals surface area contributed by atoms with Crippen LogP contribution in [-0.2, 0) is 6.18 Å². The molecule has 0 unspecified atom stereocenters. The number of rotatable bonds is 5. The quantitative estimate of drug-likeness (QED) is 0.181. The van der Waals surface area contributed by atoms with Crippen molar-refractivity contribution in [2.75, 3.05) is 7.11 Å². The van der Waals surface area contributed by atoms with Crippen LogP contribution in [0.2, 0.25) is 5.02 Å². The third-order valence-corrected chi connectivity index (χ3v) is 5.69. The summed E-state index contributed by atoms with van der Waals surface area (Å²) in [6.07, 6.45) is -4.90. The van der Waals surface area contributed by atoms with Gasteiger partial charge in [0.15, 0.2) is 0 Å². The molecular formula is C25H17Cl3F4O4. The van der Waals surface area contributed by atoms with Gasteiger partial charge in [-0.3, -0.25) is 14.4 Å². The first-order valence-electron chi connectivity index (χ1n) is 9.95. The van der Waals surface area contributed by atoms with Crippen molar-refractivity contribution in [1.82, 2.24) is 0 Å². The van der Waals surface area contributed by atoms with Crippen LogP contribution in [0.15, 0.2) is 48.5 Å². The predicted octanol–water partition coefficient (Wildman–Crippen LogP) is 7.80. The van der Waals surface area contributed by atoms with E-state index in [1.807, 2.05) is 32.0 Å². The van der Waals surface area contributed by atoms with Gasteiger partial charge in [-0.05, 0) is 72.4 Å². The van der Waals surface area contributed by atoms with Crippen molar-refractivity contribution >= 4 is 51.1 Å². The number of aryl methyl sites for hydroxylation is 2. The molecule has 3 aromatic carbocycles. The molecule has 0 aliphatic rings. The summed E-state index contributed by atoms with van der Waals surface area (Å²) in [6, 6.07) is 10.4. The molecule has 0 heterocycles. The van der Waals surface area contributed by atoms with E-state index >= 15 is 0 Å². The maximum atomic E-state index is 14.5. The zero-order chi connectivity index (χ0) is 27.4. The normalized spacial score (nSPS) is 10.8. The summed E-state index contributed by atoms with van der Waals surface area (Å²) < 4.78 is 58.9. The van der Waals surface area contributed by atoms with Crippen molar-refractivity contribution in [2.45, 2.75) is 20.0 Å². The molecule has 0 amide bonds. The lowest BCUT2D eigenvalue weighted by atomic mass is 9.95. The molecule has 0 aliphatic heterocycles. The second-order valence-corrected chi connectivity index (χ2v) is 8.40. The van der Waals surface area contributed by atoms with E-state index in [1.54, 1.807) is 0 Å². The van der Waals surface area contributed by atoms with Gasteiger partial charge in [-0.1, -0.05) is 35.9 Å². The molecule has 0 N–H and O–H groups in total. The Morgan fingerprint density at radius 1 is 0.806 bits per heavy atom. The second kappa shape index (κ2) is 11.9. The molecule has 0 atom stereocenters. The number of hydrogen-bond acceptors (Lipinski definition) is 4. The van der Waals surface area contributed by atoms with Crippen molar-refractivity contribution in [2.24, 2.45) is 0 Å². The molecule has 11 heteroatoms. The van der Waals surface area contributed by atoms with E-state index in [-0.39, 0.29) is 11.0 Å². The number of carbonyl (C=O) groups excluding carboxylic acids is 3. The lowest BCUT2D eigenvalue weighted by molar-refractivity contribution is -0.137. The van der Waals surface area contributed by atoms with Crippen molar-refractivity contribution in [3.05, 3.63) is 98.3 Å². The Bertz CT molecular complexity index is 1320. The van der Waals surface area contributed by atoms with Crippen LogP contribution in [-0.4, -0.2) is 23.4 Å². The Labute approximate surface area is 218 Å². The van der Waals surface area contributed by atoms with E-state index in [1.165, 1.54) is 0 Å². The minimum absolute atomic E-state index is 0.364. The van der Waals surface area contributed by atoms with E-state index in [0.29, 0.717) is 11.6 Å². The summed E-state index contributed by atoms with van der Waals surface area (Å²) in [5, 5.41) is -2.12.